The molecule has 0 aromatic carbocycles. The number of hydrogen-bond donors (Lipinski definition) is 1. The summed E-state index contributed by atoms with van der Waals surface area (Å²) in [7, 11) is -3.83. The van der Waals surface area contributed by atoms with E-state index in [0.29, 0.717) is 0 Å². The van der Waals surface area contributed by atoms with Crippen LogP contribution in [0.4, 0.5) is 0 Å². The Labute approximate surface area is 125 Å². The summed E-state index contributed by atoms with van der Waals surface area (Å²) in [4.78, 5) is 0. The van der Waals surface area contributed by atoms with Crippen molar-refractivity contribution < 1.29 is 13.0 Å². The molecule has 0 aliphatic carbocycles. The van der Waals surface area contributed by atoms with E-state index in [1.54, 1.807) is 0 Å². The zero-order valence-electron chi connectivity index (χ0n) is 13.0. The molecule has 0 spiro atoms. The van der Waals surface area contributed by atoms with Crippen LogP contribution in [0.1, 0.15) is 84.0 Å². The van der Waals surface area contributed by atoms with E-state index < -0.39 is 10.1 Å². The monoisotopic (exact) mass is 304 g/mol. The molecule has 0 aliphatic heterocycles. The Kier molecular flexibility index (Phi) is 13.4. The predicted molar refractivity (Wildman–Crippen MR) is 86.6 cm³/mol. The van der Waals surface area contributed by atoms with Gasteiger partial charge in [0.2, 0.25) is 0 Å². The highest BCUT2D eigenvalue weighted by Crippen LogP contribution is 2.11. The number of unbranched alkanes of at least 4 members (excludes halogenated alkanes) is 11. The summed E-state index contributed by atoms with van der Waals surface area (Å²) in [6.45, 7) is 2.25. The third kappa shape index (κ3) is 17.6. The molecule has 120 valence electrons. The van der Waals surface area contributed by atoms with Crippen LogP contribution in [0.5, 0.6) is 0 Å². The van der Waals surface area contributed by atoms with Crippen molar-refractivity contribution in [2.45, 2.75) is 84.0 Å². The number of hydrogen-bond acceptors (Lipinski definition) is 2. The van der Waals surface area contributed by atoms with Gasteiger partial charge in [0.15, 0.2) is 0 Å². The van der Waals surface area contributed by atoms with Gasteiger partial charge in [-0.05, 0) is 12.8 Å². The van der Waals surface area contributed by atoms with E-state index in [4.69, 9.17) is 4.55 Å². The summed E-state index contributed by atoms with van der Waals surface area (Å²) < 4.78 is 29.4. The van der Waals surface area contributed by atoms with Gasteiger partial charge in [-0.2, -0.15) is 8.42 Å². The lowest BCUT2D eigenvalue weighted by atomic mass is 10.1. The van der Waals surface area contributed by atoms with Crippen LogP contribution in [0.3, 0.4) is 0 Å². The maximum atomic E-state index is 10.5. The van der Waals surface area contributed by atoms with Gasteiger partial charge >= 0.3 is 0 Å². The van der Waals surface area contributed by atoms with E-state index in [9.17, 15) is 8.42 Å². The van der Waals surface area contributed by atoms with Crippen LogP contribution >= 0.6 is 0 Å². The van der Waals surface area contributed by atoms with E-state index in [-0.39, 0.29) is 5.75 Å². The molecule has 0 atom stereocenters. The molecule has 0 saturated carbocycles. The summed E-state index contributed by atoms with van der Waals surface area (Å²) in [5.74, 6) is -0.259. The molecule has 0 saturated heterocycles. The molecular formula is C16H32O3S. The molecule has 0 fully saturated rings. The topological polar surface area (TPSA) is 54.4 Å². The summed E-state index contributed by atoms with van der Waals surface area (Å²) in [5, 5.41) is 0. The van der Waals surface area contributed by atoms with Gasteiger partial charge in [-0.1, -0.05) is 83.3 Å². The van der Waals surface area contributed by atoms with Gasteiger partial charge in [-0.3, -0.25) is 4.55 Å². The van der Waals surface area contributed by atoms with Crippen molar-refractivity contribution in [3.8, 4) is 0 Å². The Balaban J connectivity index is 3.13. The minimum absolute atomic E-state index is 0.259. The molecule has 0 radical (unpaired) electrons. The lowest BCUT2D eigenvalue weighted by molar-refractivity contribution is 0.486. The van der Waals surface area contributed by atoms with Crippen molar-refractivity contribution in [2.24, 2.45) is 0 Å². The second kappa shape index (κ2) is 13.6. The first-order valence-electron chi connectivity index (χ1n) is 8.16. The first-order chi connectivity index (χ1) is 9.56. The summed E-state index contributed by atoms with van der Waals surface area (Å²) in [5.41, 5.74) is 0. The minimum atomic E-state index is -3.83. The van der Waals surface area contributed by atoms with E-state index in [1.165, 1.54) is 70.3 Å². The largest absolute Gasteiger partial charge is 0.285 e. The molecule has 0 heterocycles. The fraction of sp³-hybridized carbons (Fsp3) is 0.875. The molecule has 0 aromatic rings. The fourth-order valence-electron chi connectivity index (χ4n) is 2.23. The van der Waals surface area contributed by atoms with Crippen LogP contribution in [0.25, 0.3) is 0 Å². The van der Waals surface area contributed by atoms with Crippen molar-refractivity contribution in [3.05, 3.63) is 12.2 Å². The summed E-state index contributed by atoms with van der Waals surface area (Å²) >= 11 is 0. The second-order valence-corrected chi connectivity index (χ2v) is 7.04. The standard InChI is InChI=1S/C16H32O3S/c1-2-3-4-5-6-7-8-9-10-11-12-13-14-15-16-20(17,18)19/h14-15H,2-13,16H2,1H3,(H,17,18,19)/b15-14-. The minimum Gasteiger partial charge on any atom is -0.285 e. The lowest BCUT2D eigenvalue weighted by Crippen LogP contribution is -1.99. The SMILES string of the molecule is CCCCCCCCCCCCC/C=C\CS(=O)(=O)O. The van der Waals surface area contributed by atoms with E-state index >= 15 is 0 Å². The average Bonchev–Trinajstić information content (AvgIpc) is 2.38. The Morgan fingerprint density at radius 1 is 0.750 bits per heavy atom. The molecule has 0 unspecified atom stereocenters. The Bertz CT molecular complexity index is 321. The maximum Gasteiger partial charge on any atom is 0.268 e. The molecule has 0 amide bonds. The van der Waals surface area contributed by atoms with E-state index in [1.807, 2.05) is 6.08 Å². The van der Waals surface area contributed by atoms with Gasteiger partial charge in [0.05, 0.1) is 5.75 Å². The highest BCUT2D eigenvalue weighted by molar-refractivity contribution is 7.85. The molecule has 0 aromatic heterocycles. The van der Waals surface area contributed by atoms with Crippen molar-refractivity contribution in [1.29, 1.82) is 0 Å². The van der Waals surface area contributed by atoms with Gasteiger partial charge in [0, 0.05) is 0 Å². The molecule has 1 N–H and O–H groups in total. The highest BCUT2D eigenvalue weighted by Gasteiger charge is 1.98. The third-order valence-electron chi connectivity index (χ3n) is 3.45. The quantitative estimate of drug-likeness (QED) is 0.275. The van der Waals surface area contributed by atoms with Crippen molar-refractivity contribution in [1.82, 2.24) is 0 Å². The molecule has 3 nitrogen and oxygen atoms in total. The van der Waals surface area contributed by atoms with E-state index in [0.717, 1.165) is 12.8 Å². The van der Waals surface area contributed by atoms with Crippen LogP contribution in [0, 0.1) is 0 Å². The Hall–Kier alpha value is -0.350. The van der Waals surface area contributed by atoms with Gasteiger partial charge in [-0.15, -0.1) is 0 Å². The number of rotatable bonds is 14. The van der Waals surface area contributed by atoms with Gasteiger partial charge < -0.3 is 0 Å². The van der Waals surface area contributed by atoms with Crippen molar-refractivity contribution in [2.75, 3.05) is 5.75 Å². The average molecular weight is 304 g/mol. The van der Waals surface area contributed by atoms with Crippen molar-refractivity contribution in [3.63, 3.8) is 0 Å². The molecule has 20 heavy (non-hydrogen) atoms. The third-order valence-corrected chi connectivity index (χ3v) is 4.06. The molecule has 0 bridgehead atoms. The molecule has 0 aliphatic rings. The van der Waals surface area contributed by atoms with Gasteiger partial charge in [0.25, 0.3) is 10.1 Å². The normalized spacial score (nSPS) is 12.3. The predicted octanol–water partition coefficient (Wildman–Crippen LogP) is 5.13. The zero-order chi connectivity index (χ0) is 15.1. The number of allylic oxidation sites excluding steroid dienone is 1. The van der Waals surface area contributed by atoms with E-state index in [2.05, 4.69) is 6.92 Å². The lowest BCUT2D eigenvalue weighted by Gasteiger charge is -2.01. The van der Waals surface area contributed by atoms with Gasteiger partial charge in [0.1, 0.15) is 0 Å². The molecule has 4 heteroatoms. The maximum absolute atomic E-state index is 10.5. The van der Waals surface area contributed by atoms with Crippen molar-refractivity contribution >= 4 is 10.1 Å². The Morgan fingerprint density at radius 3 is 1.65 bits per heavy atom. The summed E-state index contributed by atoms with van der Waals surface area (Å²) in [6, 6.07) is 0. The first-order valence-corrected chi connectivity index (χ1v) is 9.77. The smallest absolute Gasteiger partial charge is 0.268 e. The van der Waals surface area contributed by atoms with Gasteiger partial charge in [-0.25, -0.2) is 0 Å². The highest BCUT2D eigenvalue weighted by atomic mass is 32.2. The second-order valence-electron chi connectivity index (χ2n) is 5.54. The van der Waals surface area contributed by atoms with Crippen LogP contribution in [0.15, 0.2) is 12.2 Å². The first kappa shape index (κ1) is 19.7. The van der Waals surface area contributed by atoms with Crippen LogP contribution in [-0.4, -0.2) is 18.7 Å². The van der Waals surface area contributed by atoms with Crippen LogP contribution < -0.4 is 0 Å². The Morgan fingerprint density at radius 2 is 1.20 bits per heavy atom. The zero-order valence-corrected chi connectivity index (χ0v) is 13.8. The van der Waals surface area contributed by atoms with Crippen LogP contribution in [-0.2, 0) is 10.1 Å². The van der Waals surface area contributed by atoms with Crippen LogP contribution in [0.2, 0.25) is 0 Å². The fourth-order valence-corrected chi connectivity index (χ4v) is 2.61. The summed E-state index contributed by atoms with van der Waals surface area (Å²) in [6.07, 6.45) is 18.8. The molecular weight excluding hydrogens is 272 g/mol. The molecule has 0 rings (SSSR count).